The first-order valence-electron chi connectivity index (χ1n) is 3.86. The molecule has 0 saturated heterocycles. The molecule has 2 rings (SSSR count). The lowest BCUT2D eigenvalue weighted by Gasteiger charge is -2.00. The normalized spacial score (nSPS) is 13.4. The number of nitrogens with zero attached hydrogens (tertiary/aromatic N) is 1. The van der Waals surface area contributed by atoms with Gasteiger partial charge in [0.2, 0.25) is 6.36 Å². The number of H-pyrrole nitrogens is 1. The maximum Gasteiger partial charge on any atom is 0.204 e. The molecule has 0 aliphatic rings. The molecule has 1 aromatic carbocycles. The number of halogens is 1. The minimum absolute atomic E-state index is 0.643. The highest BCUT2D eigenvalue weighted by Crippen LogP contribution is 2.15. The number of fused-ring (bicyclic) bond motifs is 1. The molecule has 2 N–H and O–H groups in total. The van der Waals surface area contributed by atoms with Crippen molar-refractivity contribution in [2.75, 3.05) is 0 Å². The first-order valence-corrected chi connectivity index (χ1v) is 3.86. The third kappa shape index (κ3) is 1.67. The fourth-order valence-electron chi connectivity index (χ4n) is 1.22. The van der Waals surface area contributed by atoms with Gasteiger partial charge in [-0.15, -0.1) is 0 Å². The van der Waals surface area contributed by atoms with Gasteiger partial charge in [0.25, 0.3) is 0 Å². The second-order valence-electron chi connectivity index (χ2n) is 2.76. The zero-order valence-corrected chi connectivity index (χ0v) is 6.74. The first-order chi connectivity index (χ1) is 6.25. The Hall–Kier alpha value is -1.42. The summed E-state index contributed by atoms with van der Waals surface area (Å²) in [4.78, 5) is 0. The lowest BCUT2D eigenvalue weighted by molar-refractivity contribution is 0.0760. The van der Waals surface area contributed by atoms with Gasteiger partial charge in [-0.2, -0.15) is 5.10 Å². The lowest BCUT2D eigenvalue weighted by Crippen LogP contribution is -1.98. The van der Waals surface area contributed by atoms with E-state index in [9.17, 15) is 4.39 Å². The number of rotatable bonds is 2. The Morgan fingerprint density at radius 2 is 2.38 bits per heavy atom. The molecule has 2 aromatic rings. The third-order valence-electron chi connectivity index (χ3n) is 1.79. The van der Waals surface area contributed by atoms with Gasteiger partial charge in [0, 0.05) is 5.39 Å². The minimum atomic E-state index is -1.91. The van der Waals surface area contributed by atoms with Crippen LogP contribution >= 0.6 is 0 Å². The van der Waals surface area contributed by atoms with Crippen molar-refractivity contribution in [1.82, 2.24) is 10.2 Å². The summed E-state index contributed by atoms with van der Waals surface area (Å²) >= 11 is 0. The van der Waals surface area contributed by atoms with Crippen LogP contribution in [0.2, 0.25) is 0 Å². The number of alkyl halides is 1. The second-order valence-corrected chi connectivity index (χ2v) is 2.76. The molecule has 0 saturated carbocycles. The molecule has 3 nitrogen and oxygen atoms in total. The number of hydrogen-bond acceptors (Lipinski definition) is 2. The molecule has 4 heteroatoms. The average molecular weight is 179 g/mol. The number of aromatic nitrogens is 2. The third-order valence-corrected chi connectivity index (χ3v) is 1.79. The van der Waals surface area contributed by atoms with Crippen LogP contribution in [-0.2, 0) is 0 Å². The van der Waals surface area contributed by atoms with Gasteiger partial charge in [-0.3, -0.25) is 5.10 Å². The predicted octanol–water partition coefficient (Wildman–Crippen LogP) is 1.40. The van der Waals surface area contributed by atoms with Crippen LogP contribution in [0.4, 0.5) is 4.39 Å². The van der Waals surface area contributed by atoms with Gasteiger partial charge < -0.3 is 5.11 Å². The molecule has 0 aliphatic heterocycles. The zero-order valence-electron chi connectivity index (χ0n) is 6.74. The van der Waals surface area contributed by atoms with Crippen LogP contribution in [0.5, 0.6) is 0 Å². The van der Waals surface area contributed by atoms with Crippen LogP contribution in [0.1, 0.15) is 5.56 Å². The van der Waals surface area contributed by atoms with Crippen molar-refractivity contribution in [2.45, 2.75) is 6.36 Å². The SMILES string of the molecule is OC(F)[CH]c1ccc2[nH]ncc2c1. The molecular weight excluding hydrogens is 171 g/mol. The van der Waals surface area contributed by atoms with Crippen molar-refractivity contribution in [3.63, 3.8) is 0 Å². The molecule has 1 unspecified atom stereocenters. The number of hydrogen-bond donors (Lipinski definition) is 2. The van der Waals surface area contributed by atoms with Crippen LogP contribution in [0, 0.1) is 6.42 Å². The summed E-state index contributed by atoms with van der Waals surface area (Å²) in [6, 6.07) is 5.25. The van der Waals surface area contributed by atoms with E-state index >= 15 is 0 Å². The molecule has 0 aliphatic carbocycles. The van der Waals surface area contributed by atoms with Crippen LogP contribution in [0.3, 0.4) is 0 Å². The summed E-state index contributed by atoms with van der Waals surface area (Å²) in [5.41, 5.74) is 1.54. The molecular formula is C9H8FN2O. The molecule has 67 valence electrons. The summed E-state index contributed by atoms with van der Waals surface area (Å²) in [7, 11) is 0. The minimum Gasteiger partial charge on any atom is -0.364 e. The van der Waals surface area contributed by atoms with Gasteiger partial charge >= 0.3 is 0 Å². The predicted molar refractivity (Wildman–Crippen MR) is 46.6 cm³/mol. The number of aromatic amines is 1. The summed E-state index contributed by atoms with van der Waals surface area (Å²) in [6.45, 7) is 0. The Labute approximate surface area is 74.2 Å². The number of aliphatic hydroxyl groups is 1. The van der Waals surface area contributed by atoms with Crippen LogP contribution in [0.15, 0.2) is 24.4 Å². The van der Waals surface area contributed by atoms with Gasteiger partial charge in [0.05, 0.1) is 18.1 Å². The molecule has 1 atom stereocenters. The molecule has 1 heterocycles. The summed E-state index contributed by atoms with van der Waals surface area (Å²) in [5.74, 6) is 0. The van der Waals surface area contributed by atoms with Crippen LogP contribution < -0.4 is 0 Å². The Morgan fingerprint density at radius 3 is 3.15 bits per heavy atom. The van der Waals surface area contributed by atoms with E-state index in [0.29, 0.717) is 5.56 Å². The second kappa shape index (κ2) is 3.14. The maximum absolute atomic E-state index is 12.2. The van der Waals surface area contributed by atoms with Crippen molar-refractivity contribution in [3.8, 4) is 0 Å². The van der Waals surface area contributed by atoms with Gasteiger partial charge in [-0.1, -0.05) is 6.07 Å². The van der Waals surface area contributed by atoms with Gasteiger partial charge in [0.15, 0.2) is 0 Å². The molecule has 1 aromatic heterocycles. The highest BCUT2D eigenvalue weighted by molar-refractivity contribution is 5.78. The van der Waals surface area contributed by atoms with E-state index in [4.69, 9.17) is 5.11 Å². The average Bonchev–Trinajstić information content (AvgIpc) is 2.49. The van der Waals surface area contributed by atoms with E-state index in [1.165, 1.54) is 0 Å². The van der Waals surface area contributed by atoms with E-state index in [2.05, 4.69) is 10.2 Å². The molecule has 0 fully saturated rings. The standard InChI is InChI=1S/C9H8FN2O/c10-9(13)4-6-1-2-8-7(3-6)5-11-12-8/h1-5,9,13H,(H,11,12). The smallest absolute Gasteiger partial charge is 0.204 e. The lowest BCUT2D eigenvalue weighted by atomic mass is 10.1. The summed E-state index contributed by atoms with van der Waals surface area (Å²) in [5, 5.41) is 16.0. The van der Waals surface area contributed by atoms with Crippen molar-refractivity contribution in [2.24, 2.45) is 0 Å². The Morgan fingerprint density at radius 1 is 1.54 bits per heavy atom. The maximum atomic E-state index is 12.2. The summed E-state index contributed by atoms with van der Waals surface area (Å²) in [6.07, 6.45) is 0.869. The van der Waals surface area contributed by atoms with E-state index in [1.54, 1.807) is 24.4 Å². The number of nitrogens with one attached hydrogen (secondary N) is 1. The van der Waals surface area contributed by atoms with Gasteiger partial charge in [-0.05, 0) is 17.7 Å². The fourth-order valence-corrected chi connectivity index (χ4v) is 1.22. The molecule has 0 bridgehead atoms. The number of benzene rings is 1. The Kier molecular flexibility index (Phi) is 1.98. The molecule has 1 radical (unpaired) electrons. The molecule has 0 amide bonds. The summed E-state index contributed by atoms with van der Waals surface area (Å²) < 4.78 is 12.2. The quantitative estimate of drug-likeness (QED) is 0.732. The van der Waals surface area contributed by atoms with E-state index in [-0.39, 0.29) is 0 Å². The highest BCUT2D eigenvalue weighted by Gasteiger charge is 2.04. The molecule has 0 spiro atoms. The van der Waals surface area contributed by atoms with Crippen LogP contribution in [-0.4, -0.2) is 21.7 Å². The largest absolute Gasteiger partial charge is 0.364 e. The van der Waals surface area contributed by atoms with Crippen molar-refractivity contribution in [3.05, 3.63) is 36.4 Å². The van der Waals surface area contributed by atoms with E-state index in [0.717, 1.165) is 17.3 Å². The topological polar surface area (TPSA) is 48.9 Å². The molecule has 13 heavy (non-hydrogen) atoms. The monoisotopic (exact) mass is 179 g/mol. The van der Waals surface area contributed by atoms with Crippen molar-refractivity contribution in [1.29, 1.82) is 0 Å². The Bertz CT molecular complexity index is 411. The zero-order chi connectivity index (χ0) is 9.26. The first kappa shape index (κ1) is 8.19. The number of aliphatic hydroxyl groups excluding tert-OH is 1. The van der Waals surface area contributed by atoms with E-state index in [1.807, 2.05) is 0 Å². The highest BCUT2D eigenvalue weighted by atomic mass is 19.1. The fraction of sp³-hybridized carbons (Fsp3) is 0.111. The van der Waals surface area contributed by atoms with Gasteiger partial charge in [-0.25, -0.2) is 4.39 Å². The van der Waals surface area contributed by atoms with E-state index < -0.39 is 6.36 Å². The van der Waals surface area contributed by atoms with Gasteiger partial charge in [0.1, 0.15) is 0 Å². The van der Waals surface area contributed by atoms with Crippen molar-refractivity contribution < 1.29 is 9.50 Å². The van der Waals surface area contributed by atoms with Crippen LogP contribution in [0.25, 0.3) is 10.9 Å². The Balaban J connectivity index is 2.37. The van der Waals surface area contributed by atoms with Crippen molar-refractivity contribution >= 4 is 10.9 Å².